The Labute approximate surface area is 160 Å². The first-order valence-electron chi connectivity index (χ1n) is 9.43. The van der Waals surface area contributed by atoms with Crippen molar-refractivity contribution < 1.29 is 14.3 Å². The van der Waals surface area contributed by atoms with Crippen LogP contribution >= 0.6 is 0 Å². The molecular formula is C21H27N3O3. The van der Waals surface area contributed by atoms with Crippen LogP contribution in [0.1, 0.15) is 18.4 Å². The second kappa shape index (κ2) is 9.80. The zero-order valence-electron chi connectivity index (χ0n) is 15.8. The van der Waals surface area contributed by atoms with Crippen LogP contribution in [0.3, 0.4) is 0 Å². The number of methoxy groups -OCH3 is 1. The van der Waals surface area contributed by atoms with Gasteiger partial charge in [0.2, 0.25) is 0 Å². The van der Waals surface area contributed by atoms with E-state index in [9.17, 15) is 4.79 Å². The van der Waals surface area contributed by atoms with Crippen LogP contribution in [-0.4, -0.2) is 49.3 Å². The number of aromatic nitrogens is 1. The Kier molecular flexibility index (Phi) is 6.90. The molecule has 0 spiro atoms. The Morgan fingerprint density at radius 1 is 1.26 bits per heavy atom. The summed E-state index contributed by atoms with van der Waals surface area (Å²) in [4.78, 5) is 18.3. The molecule has 0 unspecified atom stereocenters. The number of hydrogen-bond acceptors (Lipinski definition) is 4. The first kappa shape index (κ1) is 19.0. The largest absolute Gasteiger partial charge is 0.497 e. The van der Waals surface area contributed by atoms with Crippen molar-refractivity contribution in [2.24, 2.45) is 5.92 Å². The van der Waals surface area contributed by atoms with E-state index in [1.165, 1.54) is 5.56 Å². The lowest BCUT2D eigenvalue weighted by molar-refractivity contribution is 0.137. The molecule has 2 amide bonds. The molecule has 1 fully saturated rings. The van der Waals surface area contributed by atoms with Crippen molar-refractivity contribution in [1.29, 1.82) is 0 Å². The summed E-state index contributed by atoms with van der Waals surface area (Å²) in [6, 6.07) is 11.6. The van der Waals surface area contributed by atoms with Gasteiger partial charge in [0.15, 0.2) is 0 Å². The van der Waals surface area contributed by atoms with Gasteiger partial charge in [0, 0.05) is 44.0 Å². The van der Waals surface area contributed by atoms with E-state index in [4.69, 9.17) is 9.47 Å². The number of urea groups is 1. The third kappa shape index (κ3) is 5.88. The van der Waals surface area contributed by atoms with Gasteiger partial charge in [-0.1, -0.05) is 6.07 Å². The van der Waals surface area contributed by atoms with E-state index in [0.29, 0.717) is 19.1 Å². The average molecular weight is 369 g/mol. The minimum atomic E-state index is 0.00939. The molecule has 6 nitrogen and oxygen atoms in total. The van der Waals surface area contributed by atoms with Gasteiger partial charge in [-0.15, -0.1) is 0 Å². The highest BCUT2D eigenvalue weighted by molar-refractivity contribution is 5.74. The Morgan fingerprint density at radius 3 is 2.89 bits per heavy atom. The molecule has 2 heterocycles. The molecule has 1 N–H and O–H groups in total. The summed E-state index contributed by atoms with van der Waals surface area (Å²) in [5, 5.41) is 3.02. The molecule has 1 atom stereocenters. The highest BCUT2D eigenvalue weighted by atomic mass is 16.5. The fraction of sp³-hybridized carbons (Fsp3) is 0.429. The maximum absolute atomic E-state index is 12.4. The Bertz CT molecular complexity index is 724. The number of carbonyl (C=O) groups excluding carboxylic acids is 1. The molecule has 0 bridgehead atoms. The van der Waals surface area contributed by atoms with Crippen molar-refractivity contribution in [2.75, 3.05) is 33.4 Å². The van der Waals surface area contributed by atoms with Gasteiger partial charge in [0.05, 0.1) is 13.7 Å². The molecule has 1 aromatic heterocycles. The van der Waals surface area contributed by atoms with Crippen molar-refractivity contribution in [3.63, 3.8) is 0 Å². The molecule has 144 valence electrons. The summed E-state index contributed by atoms with van der Waals surface area (Å²) in [5.41, 5.74) is 1.17. The first-order chi connectivity index (χ1) is 13.2. The fourth-order valence-electron chi connectivity index (χ4n) is 3.27. The predicted molar refractivity (Wildman–Crippen MR) is 104 cm³/mol. The number of nitrogens with one attached hydrogen (secondary N) is 1. The van der Waals surface area contributed by atoms with Gasteiger partial charge < -0.3 is 19.7 Å². The minimum Gasteiger partial charge on any atom is -0.497 e. The van der Waals surface area contributed by atoms with Gasteiger partial charge in [-0.25, -0.2) is 4.79 Å². The smallest absolute Gasteiger partial charge is 0.317 e. The number of nitrogens with zero attached hydrogens (tertiary/aromatic N) is 2. The molecule has 6 heteroatoms. The van der Waals surface area contributed by atoms with E-state index in [1.54, 1.807) is 19.5 Å². The normalized spacial score (nSPS) is 16.6. The lowest BCUT2D eigenvalue weighted by Gasteiger charge is -2.32. The summed E-state index contributed by atoms with van der Waals surface area (Å²) < 4.78 is 11.1. The molecule has 1 aliphatic rings. The lowest BCUT2D eigenvalue weighted by atomic mass is 9.99. The lowest BCUT2D eigenvalue weighted by Crippen LogP contribution is -2.47. The van der Waals surface area contributed by atoms with Gasteiger partial charge in [0.1, 0.15) is 11.5 Å². The molecule has 0 aliphatic carbocycles. The summed E-state index contributed by atoms with van der Waals surface area (Å²) in [6.07, 6.45) is 6.43. The average Bonchev–Trinajstić information content (AvgIpc) is 2.73. The van der Waals surface area contributed by atoms with Crippen LogP contribution in [0.2, 0.25) is 0 Å². The molecule has 3 rings (SSSR count). The van der Waals surface area contributed by atoms with Crippen LogP contribution in [0, 0.1) is 5.92 Å². The summed E-state index contributed by atoms with van der Waals surface area (Å²) >= 11 is 0. The van der Waals surface area contributed by atoms with Crippen LogP contribution in [0.4, 0.5) is 4.79 Å². The number of piperidine rings is 1. The third-order valence-corrected chi connectivity index (χ3v) is 4.77. The summed E-state index contributed by atoms with van der Waals surface area (Å²) in [7, 11) is 1.64. The third-order valence-electron chi connectivity index (χ3n) is 4.77. The highest BCUT2D eigenvalue weighted by Crippen LogP contribution is 2.22. The number of carbonyl (C=O) groups is 1. The summed E-state index contributed by atoms with van der Waals surface area (Å²) in [5.74, 6) is 1.93. The standard InChI is InChI=1S/C21H27N3O3/c1-26-19-5-2-6-20(14-19)27-16-18-4-3-13-24(15-18)21(25)23-12-9-17-7-10-22-11-8-17/h2,5-8,10-11,14,18H,3-4,9,12-13,15-16H2,1H3,(H,23,25)/t18-/m0/s1. The number of hydrogen-bond donors (Lipinski definition) is 1. The van der Waals surface area contributed by atoms with Crippen LogP contribution in [0.25, 0.3) is 0 Å². The van der Waals surface area contributed by atoms with Crippen LogP contribution in [-0.2, 0) is 6.42 Å². The second-order valence-corrected chi connectivity index (χ2v) is 6.78. The Balaban J connectivity index is 1.42. The second-order valence-electron chi connectivity index (χ2n) is 6.78. The monoisotopic (exact) mass is 369 g/mol. The van der Waals surface area contributed by atoms with Crippen molar-refractivity contribution in [1.82, 2.24) is 15.2 Å². The van der Waals surface area contributed by atoms with Crippen LogP contribution in [0.15, 0.2) is 48.8 Å². The molecule has 1 aromatic carbocycles. The fourth-order valence-corrected chi connectivity index (χ4v) is 3.27. The molecule has 2 aromatic rings. The van der Waals surface area contributed by atoms with Gasteiger partial charge in [-0.3, -0.25) is 4.98 Å². The summed E-state index contributed by atoms with van der Waals surface area (Å²) in [6.45, 7) is 2.76. The van der Waals surface area contributed by atoms with E-state index in [1.807, 2.05) is 41.3 Å². The van der Waals surface area contributed by atoms with E-state index in [-0.39, 0.29) is 6.03 Å². The van der Waals surface area contributed by atoms with Gasteiger partial charge in [-0.2, -0.15) is 0 Å². The van der Waals surface area contributed by atoms with E-state index < -0.39 is 0 Å². The zero-order valence-corrected chi connectivity index (χ0v) is 15.8. The molecular weight excluding hydrogens is 342 g/mol. The van der Waals surface area contributed by atoms with E-state index in [2.05, 4.69) is 10.3 Å². The number of rotatable bonds is 7. The zero-order chi connectivity index (χ0) is 18.9. The molecule has 1 saturated heterocycles. The molecule has 0 radical (unpaired) electrons. The van der Waals surface area contributed by atoms with Crippen molar-refractivity contribution in [3.8, 4) is 11.5 Å². The van der Waals surface area contributed by atoms with Crippen molar-refractivity contribution in [3.05, 3.63) is 54.4 Å². The number of likely N-dealkylation sites (tertiary alicyclic amines) is 1. The van der Waals surface area contributed by atoms with Crippen LogP contribution in [0.5, 0.6) is 11.5 Å². The maximum Gasteiger partial charge on any atom is 0.317 e. The molecule has 27 heavy (non-hydrogen) atoms. The van der Waals surface area contributed by atoms with E-state index in [0.717, 1.165) is 43.9 Å². The number of benzene rings is 1. The molecule has 0 saturated carbocycles. The van der Waals surface area contributed by atoms with Gasteiger partial charge in [0.25, 0.3) is 0 Å². The van der Waals surface area contributed by atoms with Gasteiger partial charge >= 0.3 is 6.03 Å². The highest BCUT2D eigenvalue weighted by Gasteiger charge is 2.24. The first-order valence-corrected chi connectivity index (χ1v) is 9.43. The van der Waals surface area contributed by atoms with Crippen molar-refractivity contribution in [2.45, 2.75) is 19.3 Å². The number of ether oxygens (including phenoxy) is 2. The predicted octanol–water partition coefficient (Wildman–Crippen LogP) is 3.13. The van der Waals surface area contributed by atoms with Crippen LogP contribution < -0.4 is 14.8 Å². The maximum atomic E-state index is 12.4. The van der Waals surface area contributed by atoms with E-state index >= 15 is 0 Å². The quantitative estimate of drug-likeness (QED) is 0.814. The number of amides is 2. The number of pyridine rings is 1. The Hall–Kier alpha value is -2.76. The van der Waals surface area contributed by atoms with Gasteiger partial charge in [-0.05, 0) is 49.1 Å². The topological polar surface area (TPSA) is 63.7 Å². The Morgan fingerprint density at radius 2 is 2.07 bits per heavy atom. The SMILES string of the molecule is COc1cccc(OC[C@H]2CCCN(C(=O)NCCc3ccncc3)C2)c1. The minimum absolute atomic E-state index is 0.00939. The van der Waals surface area contributed by atoms with Crippen molar-refractivity contribution >= 4 is 6.03 Å². The molecule has 1 aliphatic heterocycles.